The van der Waals surface area contributed by atoms with E-state index in [9.17, 15) is 4.79 Å². The summed E-state index contributed by atoms with van der Waals surface area (Å²) in [6.07, 6.45) is 1.42. The first-order chi connectivity index (χ1) is 7.27. The average molecular weight is 227 g/mol. The van der Waals surface area contributed by atoms with E-state index in [1.54, 1.807) is 6.07 Å². The Hall–Kier alpha value is -1.00. The topological polar surface area (TPSA) is 54.3 Å². The van der Waals surface area contributed by atoms with Crippen molar-refractivity contribution in [2.75, 3.05) is 13.1 Å². The maximum Gasteiger partial charge on any atom is 0.256 e. The molecule has 1 aromatic rings. The molecule has 2 unspecified atom stereocenters. The van der Waals surface area contributed by atoms with Crippen LogP contribution in [0.4, 0.5) is 0 Å². The van der Waals surface area contributed by atoms with Crippen LogP contribution in [0.2, 0.25) is 5.22 Å². The molecule has 1 aliphatic heterocycles. The second-order valence-electron chi connectivity index (χ2n) is 4.09. The summed E-state index contributed by atoms with van der Waals surface area (Å²) in [5.74, 6) is 1.09. The van der Waals surface area contributed by atoms with Gasteiger partial charge in [0.25, 0.3) is 5.91 Å². The number of amides is 1. The largest absolute Gasteiger partial charge is 0.452 e. The van der Waals surface area contributed by atoms with Gasteiger partial charge < -0.3 is 15.1 Å². The average Bonchev–Trinajstić information content (AvgIpc) is 2.66. The van der Waals surface area contributed by atoms with Crippen molar-refractivity contribution in [3.05, 3.63) is 23.1 Å². The summed E-state index contributed by atoms with van der Waals surface area (Å²) in [5, 5.41) is 6.41. The van der Waals surface area contributed by atoms with Crippen molar-refractivity contribution in [2.24, 2.45) is 11.8 Å². The number of rotatable bonds is 2. The lowest BCUT2D eigenvalue weighted by molar-refractivity contribution is 0.0946. The first-order valence-corrected chi connectivity index (χ1v) is 5.40. The predicted molar refractivity (Wildman–Crippen MR) is 54.8 cm³/mol. The highest BCUT2D eigenvalue weighted by molar-refractivity contribution is 6.32. The van der Waals surface area contributed by atoms with Crippen LogP contribution >= 0.6 is 11.6 Å². The molecule has 5 heteroatoms. The lowest BCUT2D eigenvalue weighted by Crippen LogP contribution is -2.32. The van der Waals surface area contributed by atoms with Crippen molar-refractivity contribution in [1.82, 2.24) is 10.6 Å². The lowest BCUT2D eigenvalue weighted by atomic mass is 10.3. The monoisotopic (exact) mass is 226 g/mol. The van der Waals surface area contributed by atoms with Gasteiger partial charge in [0.2, 0.25) is 5.22 Å². The number of furan rings is 1. The van der Waals surface area contributed by atoms with Crippen molar-refractivity contribution in [3.63, 3.8) is 0 Å². The summed E-state index contributed by atoms with van der Waals surface area (Å²) >= 11 is 5.72. The van der Waals surface area contributed by atoms with E-state index >= 15 is 0 Å². The summed E-state index contributed by atoms with van der Waals surface area (Å²) in [6, 6.07) is 1.92. The highest BCUT2D eigenvalue weighted by Gasteiger charge is 2.53. The van der Waals surface area contributed by atoms with Gasteiger partial charge in [0.05, 0.1) is 11.8 Å². The number of nitrogens with one attached hydrogen (secondary N) is 2. The molecule has 0 bridgehead atoms. The van der Waals surface area contributed by atoms with Crippen LogP contribution in [-0.4, -0.2) is 25.0 Å². The van der Waals surface area contributed by atoms with Crippen molar-refractivity contribution in [3.8, 4) is 0 Å². The van der Waals surface area contributed by atoms with Crippen LogP contribution in [0.25, 0.3) is 0 Å². The molecule has 2 atom stereocenters. The molecule has 0 aromatic carbocycles. The molecule has 1 aromatic heterocycles. The maximum atomic E-state index is 11.7. The van der Waals surface area contributed by atoms with Gasteiger partial charge in [-0.15, -0.1) is 0 Å². The second-order valence-corrected chi connectivity index (χ2v) is 4.44. The Morgan fingerprint density at radius 2 is 2.27 bits per heavy atom. The standard InChI is InChI=1S/C10H11ClN2O2/c11-9-5(1-2-15-9)10(14)13-8-6-3-12-4-7(6)8/h1-2,6-8,12H,3-4H2,(H,13,14). The lowest BCUT2D eigenvalue weighted by Gasteiger charge is -2.06. The molecule has 3 rings (SSSR count). The molecule has 2 aliphatic rings. The van der Waals surface area contributed by atoms with E-state index < -0.39 is 0 Å². The van der Waals surface area contributed by atoms with Crippen LogP contribution in [-0.2, 0) is 0 Å². The minimum atomic E-state index is -0.131. The Balaban J connectivity index is 1.65. The summed E-state index contributed by atoms with van der Waals surface area (Å²) < 4.78 is 4.87. The van der Waals surface area contributed by atoms with Crippen LogP contribution in [0.1, 0.15) is 10.4 Å². The normalized spacial score (nSPS) is 32.5. The molecule has 2 fully saturated rings. The van der Waals surface area contributed by atoms with Gasteiger partial charge in [0.1, 0.15) is 0 Å². The number of hydrogen-bond acceptors (Lipinski definition) is 3. The summed E-state index contributed by atoms with van der Waals surface area (Å²) in [6.45, 7) is 2.02. The number of fused-ring (bicyclic) bond motifs is 1. The highest BCUT2D eigenvalue weighted by atomic mass is 35.5. The molecule has 1 saturated heterocycles. The number of hydrogen-bond donors (Lipinski definition) is 2. The van der Waals surface area contributed by atoms with Crippen molar-refractivity contribution >= 4 is 17.5 Å². The third kappa shape index (κ3) is 1.44. The summed E-state index contributed by atoms with van der Waals surface area (Å²) in [7, 11) is 0. The quantitative estimate of drug-likeness (QED) is 0.787. The molecule has 1 aliphatic carbocycles. The third-order valence-electron chi connectivity index (χ3n) is 3.25. The maximum absolute atomic E-state index is 11.7. The van der Waals surface area contributed by atoms with E-state index in [1.165, 1.54) is 6.26 Å². The number of halogens is 1. The molecule has 15 heavy (non-hydrogen) atoms. The van der Waals surface area contributed by atoms with Gasteiger partial charge in [-0.3, -0.25) is 4.79 Å². The zero-order chi connectivity index (χ0) is 10.4. The molecular weight excluding hydrogens is 216 g/mol. The fraction of sp³-hybridized carbons (Fsp3) is 0.500. The first-order valence-electron chi connectivity index (χ1n) is 5.02. The SMILES string of the molecule is O=C(NC1C2CNCC21)c1ccoc1Cl. The highest BCUT2D eigenvalue weighted by Crippen LogP contribution is 2.41. The van der Waals surface area contributed by atoms with E-state index in [2.05, 4.69) is 10.6 Å². The van der Waals surface area contributed by atoms with Gasteiger partial charge in [-0.1, -0.05) is 0 Å². The molecule has 80 valence electrons. The Kier molecular flexibility index (Phi) is 2.00. The molecule has 0 spiro atoms. The van der Waals surface area contributed by atoms with Crippen LogP contribution in [0, 0.1) is 11.8 Å². The first kappa shape index (κ1) is 9.24. The molecule has 1 amide bonds. The molecule has 0 radical (unpaired) electrons. The summed E-state index contributed by atoms with van der Waals surface area (Å²) in [4.78, 5) is 11.7. The number of carbonyl (C=O) groups excluding carboxylic acids is 1. The molecule has 2 N–H and O–H groups in total. The number of piperidine rings is 1. The van der Waals surface area contributed by atoms with Crippen LogP contribution < -0.4 is 10.6 Å². The molecule has 2 heterocycles. The Morgan fingerprint density at radius 1 is 1.53 bits per heavy atom. The fourth-order valence-corrected chi connectivity index (χ4v) is 2.52. The van der Waals surface area contributed by atoms with Crippen LogP contribution in [0.3, 0.4) is 0 Å². The van der Waals surface area contributed by atoms with Gasteiger partial charge in [0.15, 0.2) is 0 Å². The van der Waals surface area contributed by atoms with Gasteiger partial charge >= 0.3 is 0 Å². The minimum absolute atomic E-state index is 0.131. The predicted octanol–water partition coefficient (Wildman–Crippen LogP) is 0.881. The Bertz CT molecular complexity index is 394. The van der Waals surface area contributed by atoms with Crippen molar-refractivity contribution < 1.29 is 9.21 Å². The van der Waals surface area contributed by atoms with Crippen LogP contribution in [0.5, 0.6) is 0 Å². The Labute approximate surface area is 92.0 Å². The molecular formula is C10H11ClN2O2. The van der Waals surface area contributed by atoms with E-state index in [4.69, 9.17) is 16.0 Å². The molecule has 1 saturated carbocycles. The van der Waals surface area contributed by atoms with Gasteiger partial charge in [-0.2, -0.15) is 0 Å². The zero-order valence-electron chi connectivity index (χ0n) is 8.00. The zero-order valence-corrected chi connectivity index (χ0v) is 8.75. The van der Waals surface area contributed by atoms with Gasteiger partial charge in [-0.25, -0.2) is 0 Å². The minimum Gasteiger partial charge on any atom is -0.452 e. The third-order valence-corrected chi connectivity index (χ3v) is 3.54. The second kappa shape index (κ2) is 3.25. The van der Waals surface area contributed by atoms with Crippen molar-refractivity contribution in [2.45, 2.75) is 6.04 Å². The number of carbonyl (C=O) groups is 1. The molecule has 4 nitrogen and oxygen atoms in total. The van der Waals surface area contributed by atoms with E-state index in [0.717, 1.165) is 13.1 Å². The van der Waals surface area contributed by atoms with Gasteiger partial charge in [0, 0.05) is 19.1 Å². The van der Waals surface area contributed by atoms with E-state index in [1.807, 2.05) is 0 Å². The van der Waals surface area contributed by atoms with Gasteiger partial charge in [-0.05, 0) is 29.5 Å². The van der Waals surface area contributed by atoms with E-state index in [-0.39, 0.29) is 11.1 Å². The summed E-state index contributed by atoms with van der Waals surface area (Å²) in [5.41, 5.74) is 0.426. The fourth-order valence-electron chi connectivity index (χ4n) is 2.32. The van der Waals surface area contributed by atoms with E-state index in [0.29, 0.717) is 23.4 Å². The van der Waals surface area contributed by atoms with Crippen molar-refractivity contribution in [1.29, 1.82) is 0 Å². The Morgan fingerprint density at radius 3 is 2.87 bits per heavy atom. The van der Waals surface area contributed by atoms with Crippen LogP contribution in [0.15, 0.2) is 16.7 Å². The smallest absolute Gasteiger partial charge is 0.256 e.